The minimum Gasteiger partial charge on any atom is -0.481 e. The number of carbonyl (C=O) groups is 1. The first kappa shape index (κ1) is 10.9. The van der Waals surface area contributed by atoms with E-state index in [0.29, 0.717) is 18.5 Å². The Kier molecular flexibility index (Phi) is 2.81. The third kappa shape index (κ3) is 1.75. The van der Waals surface area contributed by atoms with Gasteiger partial charge in [0.1, 0.15) is 5.82 Å². The molecule has 1 N–H and O–H groups in total. The van der Waals surface area contributed by atoms with Crippen LogP contribution in [0.25, 0.3) is 0 Å². The van der Waals surface area contributed by atoms with Crippen molar-refractivity contribution >= 4 is 11.7 Å². The van der Waals surface area contributed by atoms with Crippen LogP contribution in [0.5, 0.6) is 0 Å². The van der Waals surface area contributed by atoms with E-state index in [1.807, 2.05) is 17.9 Å². The maximum atomic E-state index is 13.5. The van der Waals surface area contributed by atoms with Crippen molar-refractivity contribution in [1.29, 1.82) is 0 Å². The van der Waals surface area contributed by atoms with Crippen LogP contribution in [0.4, 0.5) is 10.1 Å². The number of fused-ring (bicyclic) bond motifs is 1. The van der Waals surface area contributed by atoms with Crippen molar-refractivity contribution in [2.75, 3.05) is 11.4 Å². The summed E-state index contributed by atoms with van der Waals surface area (Å²) in [6.07, 6.45) is 0.546. The molecule has 0 spiro atoms. The zero-order valence-corrected chi connectivity index (χ0v) is 9.11. The summed E-state index contributed by atoms with van der Waals surface area (Å²) in [7, 11) is 0. The van der Waals surface area contributed by atoms with Crippen LogP contribution in [0.1, 0.15) is 18.9 Å². The number of carboxylic acid groups (broad SMARTS) is 1. The lowest BCUT2D eigenvalue weighted by atomic mass is 10.1. The van der Waals surface area contributed by atoms with Gasteiger partial charge >= 0.3 is 5.97 Å². The van der Waals surface area contributed by atoms with Crippen LogP contribution in [0.2, 0.25) is 0 Å². The normalized spacial score (nSPS) is 18.6. The lowest BCUT2D eigenvalue weighted by molar-refractivity contribution is -0.137. The van der Waals surface area contributed by atoms with Crippen molar-refractivity contribution in [2.24, 2.45) is 0 Å². The number of halogens is 1. The average molecular weight is 223 g/mol. The van der Waals surface area contributed by atoms with Gasteiger partial charge in [0.25, 0.3) is 0 Å². The molecule has 86 valence electrons. The monoisotopic (exact) mass is 223 g/mol. The zero-order valence-electron chi connectivity index (χ0n) is 9.11. The van der Waals surface area contributed by atoms with E-state index in [1.165, 1.54) is 6.07 Å². The molecule has 1 aliphatic heterocycles. The SMILES string of the molecule is CCN1c2cccc(F)c2CC1CC(=O)O. The number of hydrogen-bond donors (Lipinski definition) is 1. The molecule has 0 aliphatic carbocycles. The Hall–Kier alpha value is -1.58. The molecule has 1 heterocycles. The maximum Gasteiger partial charge on any atom is 0.305 e. The van der Waals surface area contributed by atoms with Crippen LogP contribution in [-0.4, -0.2) is 23.7 Å². The first-order valence-corrected chi connectivity index (χ1v) is 5.39. The summed E-state index contributed by atoms with van der Waals surface area (Å²) in [5, 5.41) is 8.82. The summed E-state index contributed by atoms with van der Waals surface area (Å²) in [6.45, 7) is 2.66. The topological polar surface area (TPSA) is 40.5 Å². The fraction of sp³-hybridized carbons (Fsp3) is 0.417. The standard InChI is InChI=1S/C12H14FNO2/c1-2-14-8(7-12(15)16)6-9-10(13)4-3-5-11(9)14/h3-5,8H,2,6-7H2,1H3,(H,15,16). The summed E-state index contributed by atoms with van der Waals surface area (Å²) in [6, 6.07) is 4.83. The molecular formula is C12H14FNO2. The fourth-order valence-electron chi connectivity index (χ4n) is 2.37. The second-order valence-corrected chi connectivity index (χ2v) is 3.98. The molecule has 0 bridgehead atoms. The van der Waals surface area contributed by atoms with Crippen molar-refractivity contribution in [3.8, 4) is 0 Å². The second-order valence-electron chi connectivity index (χ2n) is 3.98. The minimum atomic E-state index is -0.836. The summed E-state index contributed by atoms with van der Waals surface area (Å²) in [4.78, 5) is 12.7. The van der Waals surface area contributed by atoms with E-state index in [4.69, 9.17) is 5.11 Å². The zero-order chi connectivity index (χ0) is 11.7. The number of anilines is 1. The number of nitrogens with zero attached hydrogens (tertiary/aromatic N) is 1. The summed E-state index contributed by atoms with van der Waals surface area (Å²) in [5.41, 5.74) is 1.49. The van der Waals surface area contributed by atoms with E-state index >= 15 is 0 Å². The highest BCUT2D eigenvalue weighted by Gasteiger charge is 2.31. The number of hydrogen-bond acceptors (Lipinski definition) is 2. The van der Waals surface area contributed by atoms with Gasteiger partial charge in [0.05, 0.1) is 6.42 Å². The Morgan fingerprint density at radius 3 is 3.00 bits per heavy atom. The van der Waals surface area contributed by atoms with Gasteiger partial charge in [-0.05, 0) is 25.5 Å². The predicted molar refractivity (Wildman–Crippen MR) is 59.2 cm³/mol. The van der Waals surface area contributed by atoms with Gasteiger partial charge in [0.15, 0.2) is 0 Å². The van der Waals surface area contributed by atoms with Gasteiger partial charge in [-0.3, -0.25) is 4.79 Å². The highest BCUT2D eigenvalue weighted by atomic mass is 19.1. The molecule has 0 fully saturated rings. The van der Waals surface area contributed by atoms with Crippen molar-refractivity contribution in [2.45, 2.75) is 25.8 Å². The van der Waals surface area contributed by atoms with E-state index < -0.39 is 5.97 Å². The molecule has 1 atom stereocenters. The first-order chi connectivity index (χ1) is 7.63. The summed E-state index contributed by atoms with van der Waals surface area (Å²) < 4.78 is 13.5. The fourth-order valence-corrected chi connectivity index (χ4v) is 2.37. The number of likely N-dealkylation sites (N-methyl/N-ethyl adjacent to an activating group) is 1. The Morgan fingerprint density at radius 2 is 2.38 bits per heavy atom. The molecule has 3 nitrogen and oxygen atoms in total. The lowest BCUT2D eigenvalue weighted by Gasteiger charge is -2.24. The second kappa shape index (κ2) is 4.12. The van der Waals surface area contributed by atoms with Gasteiger partial charge < -0.3 is 10.0 Å². The Labute approximate surface area is 93.5 Å². The summed E-state index contributed by atoms with van der Waals surface area (Å²) in [5.74, 6) is -1.07. The molecule has 0 saturated heterocycles. The molecule has 0 amide bonds. The van der Waals surface area contributed by atoms with Crippen molar-refractivity contribution in [3.05, 3.63) is 29.6 Å². The maximum absolute atomic E-state index is 13.5. The molecule has 4 heteroatoms. The quantitative estimate of drug-likeness (QED) is 0.852. The van der Waals surface area contributed by atoms with E-state index in [9.17, 15) is 9.18 Å². The van der Waals surface area contributed by atoms with Crippen molar-refractivity contribution < 1.29 is 14.3 Å². The van der Waals surface area contributed by atoms with Crippen LogP contribution in [0, 0.1) is 5.82 Å². The number of aliphatic carboxylic acids is 1. The van der Waals surface area contributed by atoms with Gasteiger partial charge in [-0.25, -0.2) is 4.39 Å². The highest BCUT2D eigenvalue weighted by Crippen LogP contribution is 2.34. The summed E-state index contributed by atoms with van der Waals surface area (Å²) >= 11 is 0. The molecule has 1 aromatic carbocycles. The third-order valence-electron chi connectivity index (χ3n) is 3.04. The Morgan fingerprint density at radius 1 is 1.62 bits per heavy atom. The Balaban J connectivity index is 2.32. The smallest absolute Gasteiger partial charge is 0.305 e. The number of benzene rings is 1. The van der Waals surface area contributed by atoms with Gasteiger partial charge in [-0.15, -0.1) is 0 Å². The molecule has 16 heavy (non-hydrogen) atoms. The first-order valence-electron chi connectivity index (χ1n) is 5.39. The minimum absolute atomic E-state index is 0.0575. The molecule has 0 saturated carbocycles. The molecule has 1 unspecified atom stereocenters. The van der Waals surface area contributed by atoms with Crippen LogP contribution in [-0.2, 0) is 11.2 Å². The van der Waals surface area contributed by atoms with Crippen LogP contribution >= 0.6 is 0 Å². The van der Waals surface area contributed by atoms with Gasteiger partial charge in [-0.2, -0.15) is 0 Å². The molecule has 0 aromatic heterocycles. The van der Waals surface area contributed by atoms with Crippen LogP contribution in [0.15, 0.2) is 18.2 Å². The predicted octanol–water partition coefficient (Wildman–Crippen LogP) is 2.05. The van der Waals surface area contributed by atoms with E-state index in [2.05, 4.69) is 0 Å². The van der Waals surface area contributed by atoms with E-state index in [1.54, 1.807) is 6.07 Å². The van der Waals surface area contributed by atoms with E-state index in [0.717, 1.165) is 5.69 Å². The largest absolute Gasteiger partial charge is 0.481 e. The highest BCUT2D eigenvalue weighted by molar-refractivity contribution is 5.70. The van der Waals surface area contributed by atoms with Gasteiger partial charge in [-0.1, -0.05) is 6.07 Å². The van der Waals surface area contributed by atoms with Crippen LogP contribution < -0.4 is 4.90 Å². The average Bonchev–Trinajstić information content (AvgIpc) is 2.56. The number of carboxylic acids is 1. The van der Waals surface area contributed by atoms with Crippen LogP contribution in [0.3, 0.4) is 0 Å². The molecule has 2 rings (SSSR count). The van der Waals surface area contributed by atoms with Crippen molar-refractivity contribution in [3.63, 3.8) is 0 Å². The van der Waals surface area contributed by atoms with Gasteiger partial charge in [0.2, 0.25) is 0 Å². The molecule has 1 aliphatic rings. The molecule has 0 radical (unpaired) electrons. The molecule has 1 aromatic rings. The third-order valence-corrected chi connectivity index (χ3v) is 3.04. The number of rotatable bonds is 3. The Bertz CT molecular complexity index is 419. The molecular weight excluding hydrogens is 209 g/mol. The van der Waals surface area contributed by atoms with Gasteiger partial charge in [0, 0.05) is 23.8 Å². The van der Waals surface area contributed by atoms with Crippen molar-refractivity contribution in [1.82, 2.24) is 0 Å². The lowest BCUT2D eigenvalue weighted by Crippen LogP contribution is -2.33. The van der Waals surface area contributed by atoms with E-state index in [-0.39, 0.29) is 18.3 Å².